The van der Waals surface area contributed by atoms with Gasteiger partial charge in [-0.15, -0.1) is 0 Å². The summed E-state index contributed by atoms with van der Waals surface area (Å²) >= 11 is 0. The zero-order valence-electron chi connectivity index (χ0n) is 9.08. The smallest absolute Gasteiger partial charge is 0.265 e. The van der Waals surface area contributed by atoms with Crippen molar-refractivity contribution in [3.05, 3.63) is 0 Å². The van der Waals surface area contributed by atoms with Crippen molar-refractivity contribution in [3.8, 4) is 0 Å². The number of aliphatic hydroxyl groups is 1. The summed E-state index contributed by atoms with van der Waals surface area (Å²) in [6.07, 6.45) is -4.83. The highest BCUT2D eigenvalue weighted by Gasteiger charge is 2.16. The van der Waals surface area contributed by atoms with E-state index in [4.69, 9.17) is 14.6 Å². The molecule has 2 N–H and O–H groups in total. The minimum Gasteiger partial charge on any atom is -0.386 e. The zero-order chi connectivity index (χ0) is 11.7. The molecule has 0 heterocycles. The number of ether oxygens (including phenoxy) is 2. The van der Waals surface area contributed by atoms with Crippen molar-refractivity contribution >= 4 is 0 Å². The Morgan fingerprint density at radius 2 is 1.67 bits per heavy atom. The highest BCUT2D eigenvalue weighted by atomic mass is 19.3. The molecule has 0 aromatic carbocycles. The van der Waals surface area contributed by atoms with Gasteiger partial charge in [-0.05, 0) is 13.8 Å². The first-order valence-corrected chi connectivity index (χ1v) is 5.01. The van der Waals surface area contributed by atoms with Crippen LogP contribution >= 0.6 is 0 Å². The van der Waals surface area contributed by atoms with Crippen molar-refractivity contribution in [3.63, 3.8) is 0 Å². The summed E-state index contributed by atoms with van der Waals surface area (Å²) < 4.78 is 34.1. The normalized spacial score (nSPS) is 13.8. The maximum atomic E-state index is 11.9. The van der Waals surface area contributed by atoms with E-state index < -0.39 is 18.8 Å². The van der Waals surface area contributed by atoms with Crippen LogP contribution in [0.25, 0.3) is 0 Å². The minimum atomic E-state index is -2.73. The summed E-state index contributed by atoms with van der Waals surface area (Å²) in [5.41, 5.74) is 0. The third-order valence-electron chi connectivity index (χ3n) is 1.66. The van der Waals surface area contributed by atoms with Crippen LogP contribution in [0.15, 0.2) is 0 Å². The van der Waals surface area contributed by atoms with Crippen LogP contribution in [-0.2, 0) is 9.47 Å². The molecule has 0 aliphatic heterocycles. The predicted molar refractivity (Wildman–Crippen MR) is 51.9 cm³/mol. The van der Waals surface area contributed by atoms with E-state index >= 15 is 0 Å². The maximum Gasteiger partial charge on any atom is 0.265 e. The third-order valence-corrected chi connectivity index (χ3v) is 1.66. The van der Waals surface area contributed by atoms with Gasteiger partial charge in [-0.3, -0.25) is 0 Å². The molecule has 6 heteroatoms. The van der Waals surface area contributed by atoms with Gasteiger partial charge in [0.05, 0.1) is 0 Å². The minimum absolute atomic E-state index is 0.172. The van der Waals surface area contributed by atoms with E-state index in [9.17, 15) is 8.78 Å². The fourth-order valence-corrected chi connectivity index (χ4v) is 0.976. The summed E-state index contributed by atoms with van der Waals surface area (Å²) in [4.78, 5) is 0. The predicted octanol–water partition coefficient (Wildman–Crippen LogP) is 0.601. The molecular formula is C9H19F2NO3. The van der Waals surface area contributed by atoms with Crippen LogP contribution in [0.3, 0.4) is 0 Å². The molecule has 0 aliphatic rings. The maximum absolute atomic E-state index is 11.9. The van der Waals surface area contributed by atoms with Crippen LogP contribution in [0.1, 0.15) is 13.8 Å². The first kappa shape index (κ1) is 14.7. The lowest BCUT2D eigenvalue weighted by Gasteiger charge is -2.18. The van der Waals surface area contributed by atoms with Gasteiger partial charge in [0.15, 0.2) is 6.29 Å². The Morgan fingerprint density at radius 3 is 2.07 bits per heavy atom. The Bertz CT molecular complexity index is 143. The second kappa shape index (κ2) is 8.96. The summed E-state index contributed by atoms with van der Waals surface area (Å²) in [6, 6.07) is 0. The van der Waals surface area contributed by atoms with Crippen LogP contribution in [0.5, 0.6) is 0 Å². The van der Waals surface area contributed by atoms with Gasteiger partial charge < -0.3 is 19.9 Å². The number of alkyl halides is 2. The number of nitrogens with one attached hydrogen (secondary N) is 1. The Balaban J connectivity index is 3.60. The van der Waals surface area contributed by atoms with Crippen molar-refractivity contribution in [2.45, 2.75) is 32.7 Å². The molecule has 0 fully saturated rings. The van der Waals surface area contributed by atoms with Gasteiger partial charge in [0.1, 0.15) is 6.10 Å². The number of hydrogen-bond donors (Lipinski definition) is 2. The van der Waals surface area contributed by atoms with E-state index in [1.807, 2.05) is 13.8 Å². The first-order valence-electron chi connectivity index (χ1n) is 5.01. The molecule has 0 aromatic rings. The molecule has 0 radical (unpaired) electrons. The Morgan fingerprint density at radius 1 is 1.13 bits per heavy atom. The number of aliphatic hydroxyl groups excluding tert-OH is 1. The molecule has 0 aromatic heterocycles. The van der Waals surface area contributed by atoms with E-state index in [0.717, 1.165) is 0 Å². The lowest BCUT2D eigenvalue weighted by molar-refractivity contribution is -0.134. The van der Waals surface area contributed by atoms with E-state index in [0.29, 0.717) is 13.2 Å². The SMILES string of the molecule is CCOC(CNCC(O)C(F)F)OCC. The molecule has 15 heavy (non-hydrogen) atoms. The molecular weight excluding hydrogens is 208 g/mol. The highest BCUT2D eigenvalue weighted by Crippen LogP contribution is 1.99. The van der Waals surface area contributed by atoms with E-state index in [-0.39, 0.29) is 13.1 Å². The topological polar surface area (TPSA) is 50.7 Å². The monoisotopic (exact) mass is 227 g/mol. The summed E-state index contributed by atoms with van der Waals surface area (Å²) in [6.45, 7) is 4.73. The lowest BCUT2D eigenvalue weighted by atomic mass is 10.3. The second-order valence-corrected chi connectivity index (χ2v) is 2.90. The highest BCUT2D eigenvalue weighted by molar-refractivity contribution is 4.62. The molecule has 1 atom stereocenters. The average Bonchev–Trinajstić information content (AvgIpc) is 2.18. The molecule has 1 unspecified atom stereocenters. The van der Waals surface area contributed by atoms with E-state index in [2.05, 4.69) is 5.32 Å². The molecule has 0 aliphatic carbocycles. The first-order chi connectivity index (χ1) is 7.11. The van der Waals surface area contributed by atoms with Gasteiger partial charge in [0.2, 0.25) is 0 Å². The van der Waals surface area contributed by atoms with Gasteiger partial charge >= 0.3 is 0 Å². The van der Waals surface area contributed by atoms with Crippen molar-refractivity contribution in [1.82, 2.24) is 5.32 Å². The summed E-state index contributed by atoms with van der Waals surface area (Å²) in [5.74, 6) is 0. The zero-order valence-corrected chi connectivity index (χ0v) is 9.08. The second-order valence-electron chi connectivity index (χ2n) is 2.90. The van der Waals surface area contributed by atoms with E-state index in [1.54, 1.807) is 0 Å². The fraction of sp³-hybridized carbons (Fsp3) is 1.00. The molecule has 92 valence electrons. The summed E-state index contributed by atoms with van der Waals surface area (Å²) in [7, 11) is 0. The van der Waals surface area contributed by atoms with Crippen LogP contribution < -0.4 is 5.32 Å². The molecule has 0 saturated carbocycles. The van der Waals surface area contributed by atoms with Crippen molar-refractivity contribution in [2.24, 2.45) is 0 Å². The van der Waals surface area contributed by atoms with Gasteiger partial charge in [-0.25, -0.2) is 8.78 Å². The quantitative estimate of drug-likeness (QED) is 0.566. The van der Waals surface area contributed by atoms with Crippen LogP contribution in [-0.4, -0.2) is 50.2 Å². The molecule has 0 saturated heterocycles. The Kier molecular flexibility index (Phi) is 8.79. The third kappa shape index (κ3) is 7.61. The van der Waals surface area contributed by atoms with Gasteiger partial charge in [-0.1, -0.05) is 0 Å². The van der Waals surface area contributed by atoms with Crippen molar-refractivity contribution < 1.29 is 23.4 Å². The Labute approximate surface area is 88.6 Å². The van der Waals surface area contributed by atoms with Crippen molar-refractivity contribution in [1.29, 1.82) is 0 Å². The molecule has 0 rings (SSSR count). The lowest BCUT2D eigenvalue weighted by Crippen LogP contribution is -2.38. The number of rotatable bonds is 9. The van der Waals surface area contributed by atoms with E-state index in [1.165, 1.54) is 0 Å². The van der Waals surface area contributed by atoms with Gasteiger partial charge in [0.25, 0.3) is 6.43 Å². The summed E-state index contributed by atoms with van der Waals surface area (Å²) in [5, 5.41) is 11.5. The standard InChI is InChI=1S/C9H19F2NO3/c1-3-14-8(15-4-2)6-12-5-7(13)9(10)11/h7-9,12-13H,3-6H2,1-2H3. The molecule has 4 nitrogen and oxygen atoms in total. The Hall–Kier alpha value is -0.300. The van der Waals surface area contributed by atoms with Crippen molar-refractivity contribution in [2.75, 3.05) is 26.3 Å². The molecule has 0 spiro atoms. The van der Waals surface area contributed by atoms with Gasteiger partial charge in [-0.2, -0.15) is 0 Å². The average molecular weight is 227 g/mol. The van der Waals surface area contributed by atoms with Gasteiger partial charge in [0, 0.05) is 26.3 Å². The molecule has 0 bridgehead atoms. The van der Waals surface area contributed by atoms with Crippen LogP contribution in [0, 0.1) is 0 Å². The molecule has 0 amide bonds. The fourth-order valence-electron chi connectivity index (χ4n) is 0.976. The van der Waals surface area contributed by atoms with Crippen LogP contribution in [0.2, 0.25) is 0 Å². The number of hydrogen-bond acceptors (Lipinski definition) is 4. The largest absolute Gasteiger partial charge is 0.386 e. The van der Waals surface area contributed by atoms with Crippen LogP contribution in [0.4, 0.5) is 8.78 Å². The number of halogens is 2.